The molecule has 1 aliphatic rings. The average molecular weight is 520 g/mol. The summed E-state index contributed by atoms with van der Waals surface area (Å²) in [4.78, 5) is 12.0. The summed E-state index contributed by atoms with van der Waals surface area (Å²) in [5, 5.41) is 2.44. The molecule has 29 heavy (non-hydrogen) atoms. The normalized spacial score (nSPS) is 20.4. The summed E-state index contributed by atoms with van der Waals surface area (Å²) >= 11 is 2.09. The van der Waals surface area contributed by atoms with Gasteiger partial charge in [-0.25, -0.2) is 0 Å². The lowest BCUT2D eigenvalue weighted by molar-refractivity contribution is -0.145. The van der Waals surface area contributed by atoms with E-state index in [4.69, 9.17) is 9.16 Å². The second-order valence-corrected chi connectivity index (χ2v) is 14.7. The highest BCUT2D eigenvalue weighted by molar-refractivity contribution is 14.1. The smallest absolute Gasteiger partial charge is 0.319 e. The van der Waals surface area contributed by atoms with E-state index in [0.717, 1.165) is 0 Å². The predicted molar refractivity (Wildman–Crippen MR) is 130 cm³/mol. The van der Waals surface area contributed by atoms with E-state index in [2.05, 4.69) is 98.0 Å². The van der Waals surface area contributed by atoms with E-state index in [-0.39, 0.29) is 27.1 Å². The maximum Gasteiger partial charge on any atom is 0.319 e. The molecule has 3 atom stereocenters. The summed E-state index contributed by atoms with van der Waals surface area (Å²) in [7, 11) is -2.60. The number of halogens is 1. The number of hydrogen-bond acceptors (Lipinski definition) is 3. The van der Waals surface area contributed by atoms with Crippen LogP contribution in [-0.4, -0.2) is 30.4 Å². The van der Waals surface area contributed by atoms with E-state index in [1.54, 1.807) is 0 Å². The molecule has 0 bridgehead atoms. The van der Waals surface area contributed by atoms with Gasteiger partial charge in [0.1, 0.15) is 10.0 Å². The predicted octanol–water partition coefficient (Wildman–Crippen LogP) is 4.63. The lowest BCUT2D eigenvalue weighted by atomic mass is 10.2. The average Bonchev–Trinajstić information content (AvgIpc) is 3.13. The monoisotopic (exact) mass is 520 g/mol. The summed E-state index contributed by atoms with van der Waals surface area (Å²) in [5.41, 5.74) is 0. The molecule has 0 radical (unpaired) electrons. The maximum absolute atomic E-state index is 12.0. The van der Waals surface area contributed by atoms with Gasteiger partial charge in [-0.3, -0.25) is 4.79 Å². The molecule has 3 nitrogen and oxygen atoms in total. The first-order chi connectivity index (χ1) is 13.7. The quantitative estimate of drug-likeness (QED) is 0.183. The van der Waals surface area contributed by atoms with E-state index < -0.39 is 8.32 Å². The van der Waals surface area contributed by atoms with Gasteiger partial charge in [-0.1, -0.05) is 110 Å². The number of alkyl halides is 1. The Morgan fingerprint density at radius 1 is 0.966 bits per heavy atom. The minimum absolute atomic E-state index is 0.0744. The van der Waals surface area contributed by atoms with Crippen LogP contribution in [0.25, 0.3) is 0 Å². The van der Waals surface area contributed by atoms with Crippen molar-refractivity contribution in [1.29, 1.82) is 0 Å². The third kappa shape index (κ3) is 4.83. The van der Waals surface area contributed by atoms with Crippen LogP contribution in [0.2, 0.25) is 5.04 Å². The number of esters is 1. The summed E-state index contributed by atoms with van der Waals surface area (Å²) in [6, 6.07) is 21.2. The molecule has 0 heterocycles. The maximum atomic E-state index is 12.0. The Labute approximate surface area is 188 Å². The molecule has 154 valence electrons. The molecule has 5 heteroatoms. The number of ether oxygens (including phenoxy) is 1. The second kappa shape index (κ2) is 9.14. The zero-order valence-corrected chi connectivity index (χ0v) is 20.6. The van der Waals surface area contributed by atoms with Crippen LogP contribution in [0.15, 0.2) is 72.8 Å². The Morgan fingerprint density at radius 3 is 1.90 bits per heavy atom. The molecule has 0 aliphatic heterocycles. The van der Waals surface area contributed by atoms with Gasteiger partial charge in [0, 0.05) is 6.42 Å². The van der Waals surface area contributed by atoms with Crippen LogP contribution in [0, 0.1) is 0 Å². The van der Waals surface area contributed by atoms with Crippen molar-refractivity contribution in [2.75, 3.05) is 0 Å². The van der Waals surface area contributed by atoms with Gasteiger partial charge < -0.3 is 9.16 Å². The van der Waals surface area contributed by atoms with Gasteiger partial charge in [0.2, 0.25) is 0 Å². The Hall–Kier alpha value is -1.44. The van der Waals surface area contributed by atoms with Crippen LogP contribution < -0.4 is 10.4 Å². The highest BCUT2D eigenvalue weighted by Gasteiger charge is 2.51. The molecule has 2 aromatic rings. The van der Waals surface area contributed by atoms with Crippen LogP contribution in [0.1, 0.15) is 34.1 Å². The fraction of sp³-hybridized carbons (Fsp3) is 0.375. The third-order valence-electron chi connectivity index (χ3n) is 5.34. The zero-order chi connectivity index (χ0) is 21.1. The standard InChI is InChI=1S/C24H29IO3Si/c1-18(25)23(26)27-19-15-16-20(17-19)28-29(24(2,3)4,21-11-7-5-8-12-21)22-13-9-6-10-14-22/h5-16,18-20H,17H2,1-4H3/t18?,19-,20-/m1/s1. The SMILES string of the molecule is CC(I)C(=O)O[C@@H]1C=C[C@@H](O[Si](c2ccccc2)(c2ccccc2)C(C)(C)C)C1. The Bertz CT molecular complexity index is 804. The summed E-state index contributed by atoms with van der Waals surface area (Å²) < 4.78 is 12.5. The van der Waals surface area contributed by atoms with Crippen LogP contribution in [0.5, 0.6) is 0 Å². The van der Waals surface area contributed by atoms with Crippen molar-refractivity contribution in [3.8, 4) is 0 Å². The lowest BCUT2D eigenvalue weighted by Gasteiger charge is -2.44. The minimum Gasteiger partial charge on any atom is -0.457 e. The number of carbonyl (C=O) groups is 1. The van der Waals surface area contributed by atoms with Crippen LogP contribution >= 0.6 is 22.6 Å². The molecule has 0 saturated carbocycles. The van der Waals surface area contributed by atoms with Crippen LogP contribution in [-0.2, 0) is 14.0 Å². The van der Waals surface area contributed by atoms with E-state index in [1.807, 2.05) is 25.1 Å². The summed E-state index contributed by atoms with van der Waals surface area (Å²) in [6.07, 6.45) is 4.40. The van der Waals surface area contributed by atoms with Gasteiger partial charge in [-0.05, 0) is 28.4 Å². The lowest BCUT2D eigenvalue weighted by Crippen LogP contribution is -2.67. The molecule has 0 N–H and O–H groups in total. The van der Waals surface area contributed by atoms with Gasteiger partial charge in [0.25, 0.3) is 8.32 Å². The molecule has 1 aliphatic carbocycles. The fourth-order valence-electron chi connectivity index (χ4n) is 3.97. The van der Waals surface area contributed by atoms with E-state index in [0.29, 0.717) is 6.42 Å². The van der Waals surface area contributed by atoms with Gasteiger partial charge in [0.05, 0.1) is 6.10 Å². The molecule has 0 saturated heterocycles. The summed E-state index contributed by atoms with van der Waals surface area (Å²) in [6.45, 7) is 8.66. The number of rotatable bonds is 6. The molecule has 0 fully saturated rings. The molecule has 0 amide bonds. The zero-order valence-electron chi connectivity index (χ0n) is 17.5. The van der Waals surface area contributed by atoms with Crippen molar-refractivity contribution >= 4 is 47.3 Å². The minimum atomic E-state index is -2.60. The molecule has 1 unspecified atom stereocenters. The first-order valence-corrected chi connectivity index (χ1v) is 13.2. The van der Waals surface area contributed by atoms with Crippen molar-refractivity contribution in [1.82, 2.24) is 0 Å². The first kappa shape index (κ1) is 22.2. The number of carbonyl (C=O) groups excluding carboxylic acids is 1. The molecule has 2 aromatic carbocycles. The fourth-order valence-corrected chi connectivity index (χ4v) is 8.76. The number of benzene rings is 2. The van der Waals surface area contributed by atoms with Crippen molar-refractivity contribution in [3.63, 3.8) is 0 Å². The molecule has 0 spiro atoms. The van der Waals surface area contributed by atoms with E-state index in [9.17, 15) is 4.79 Å². The van der Waals surface area contributed by atoms with Crippen LogP contribution in [0.4, 0.5) is 0 Å². The third-order valence-corrected chi connectivity index (χ3v) is 10.9. The summed E-state index contributed by atoms with van der Waals surface area (Å²) in [5.74, 6) is -0.175. The Kier molecular flexibility index (Phi) is 7.01. The van der Waals surface area contributed by atoms with Gasteiger partial charge in [0.15, 0.2) is 0 Å². The Morgan fingerprint density at radius 2 is 1.45 bits per heavy atom. The largest absolute Gasteiger partial charge is 0.457 e. The molecule has 3 rings (SSSR count). The molecular weight excluding hydrogens is 491 g/mol. The van der Waals surface area contributed by atoms with Crippen molar-refractivity contribution in [2.24, 2.45) is 0 Å². The van der Waals surface area contributed by atoms with Crippen LogP contribution in [0.3, 0.4) is 0 Å². The second-order valence-electron chi connectivity index (χ2n) is 8.53. The molecule has 0 aromatic heterocycles. The number of hydrogen-bond donors (Lipinski definition) is 0. The Balaban J connectivity index is 1.95. The van der Waals surface area contributed by atoms with Crippen molar-refractivity contribution < 1.29 is 14.0 Å². The van der Waals surface area contributed by atoms with E-state index >= 15 is 0 Å². The topological polar surface area (TPSA) is 35.5 Å². The van der Waals surface area contributed by atoms with Crippen molar-refractivity contribution in [2.45, 2.75) is 55.3 Å². The highest BCUT2D eigenvalue weighted by atomic mass is 127. The first-order valence-electron chi connectivity index (χ1n) is 10.1. The van der Waals surface area contributed by atoms with E-state index in [1.165, 1.54) is 10.4 Å². The van der Waals surface area contributed by atoms with Crippen molar-refractivity contribution in [3.05, 3.63) is 72.8 Å². The highest BCUT2D eigenvalue weighted by Crippen LogP contribution is 2.38. The van der Waals surface area contributed by atoms with Gasteiger partial charge >= 0.3 is 5.97 Å². The molecular formula is C24H29IO3Si. The van der Waals surface area contributed by atoms with Gasteiger partial charge in [-0.2, -0.15) is 0 Å². The van der Waals surface area contributed by atoms with Gasteiger partial charge in [-0.15, -0.1) is 0 Å².